The number of furan rings is 1. The summed E-state index contributed by atoms with van der Waals surface area (Å²) in [5.74, 6) is 0.390. The van der Waals surface area contributed by atoms with Gasteiger partial charge in [0.05, 0.1) is 35.1 Å². The maximum Gasteiger partial charge on any atom is 0.418 e. The monoisotopic (exact) mass is 394 g/mol. The summed E-state index contributed by atoms with van der Waals surface area (Å²) in [7, 11) is 0. The number of likely N-dealkylation sites (tertiary alicyclic amines) is 1. The highest BCUT2D eigenvalue weighted by Crippen LogP contribution is 2.38. The topological polar surface area (TPSA) is 55.6 Å². The van der Waals surface area contributed by atoms with Gasteiger partial charge >= 0.3 is 6.18 Å². The predicted molar refractivity (Wildman–Crippen MR) is 93.4 cm³/mol. The number of carbonyl (C=O) groups excluding carboxylic acids is 1. The first-order chi connectivity index (χ1) is 12.9. The van der Waals surface area contributed by atoms with Gasteiger partial charge in [-0.25, -0.2) is 4.98 Å². The largest absolute Gasteiger partial charge is 0.465 e. The summed E-state index contributed by atoms with van der Waals surface area (Å²) < 4.78 is 50.3. The second-order valence-corrected chi connectivity index (χ2v) is 6.95. The molecule has 0 saturated carbocycles. The number of ether oxygens (including phenoxy) is 1. The number of benzene rings is 1. The summed E-state index contributed by atoms with van der Waals surface area (Å²) in [4.78, 5) is 17.6. The van der Waals surface area contributed by atoms with E-state index in [1.54, 1.807) is 29.2 Å². The summed E-state index contributed by atoms with van der Waals surface area (Å²) in [6, 6.07) is 7.38. The predicted octanol–water partition coefficient (Wildman–Crippen LogP) is 4.21. The third-order valence-corrected chi connectivity index (χ3v) is 4.98. The van der Waals surface area contributed by atoms with E-state index in [2.05, 4.69) is 4.98 Å². The van der Waals surface area contributed by atoms with Crippen LogP contribution in [0.4, 0.5) is 13.2 Å². The van der Waals surface area contributed by atoms with E-state index in [-0.39, 0.29) is 22.7 Å². The zero-order valence-corrected chi connectivity index (χ0v) is 14.6. The highest BCUT2D eigenvalue weighted by atomic mass is 32.1. The number of rotatable bonds is 4. The number of hydrogen-bond donors (Lipinski definition) is 0. The third-order valence-electron chi connectivity index (χ3n) is 4.07. The number of amides is 1. The van der Waals surface area contributed by atoms with Crippen LogP contribution in [0.15, 0.2) is 47.1 Å². The summed E-state index contributed by atoms with van der Waals surface area (Å²) in [6.45, 7) is 0.701. The highest BCUT2D eigenvalue weighted by Gasteiger charge is 2.35. The van der Waals surface area contributed by atoms with Crippen LogP contribution in [0.2, 0.25) is 0 Å². The molecule has 4 rings (SSSR count). The maximum atomic E-state index is 13.0. The SMILES string of the molecule is O=C(C=Cc1ccco1)N1CC(Oc2nc3c(C(F)(F)F)cccc3s2)C1. The third kappa shape index (κ3) is 3.68. The van der Waals surface area contributed by atoms with Gasteiger partial charge in [0, 0.05) is 6.08 Å². The van der Waals surface area contributed by atoms with Crippen molar-refractivity contribution in [2.45, 2.75) is 12.3 Å². The van der Waals surface area contributed by atoms with Crippen molar-refractivity contribution in [2.24, 2.45) is 0 Å². The molecule has 1 amide bonds. The second-order valence-electron chi connectivity index (χ2n) is 5.96. The molecular formula is C18H13F3N2O3S. The Bertz CT molecular complexity index is 989. The van der Waals surface area contributed by atoms with E-state index < -0.39 is 11.7 Å². The van der Waals surface area contributed by atoms with Crippen LogP contribution >= 0.6 is 11.3 Å². The lowest BCUT2D eigenvalue weighted by atomic mass is 10.1. The zero-order chi connectivity index (χ0) is 19.0. The molecule has 1 aliphatic rings. The van der Waals surface area contributed by atoms with Gasteiger partial charge in [-0.05, 0) is 30.3 Å². The molecular weight excluding hydrogens is 381 g/mol. The second kappa shape index (κ2) is 6.73. The van der Waals surface area contributed by atoms with E-state index in [9.17, 15) is 18.0 Å². The Hall–Kier alpha value is -2.81. The van der Waals surface area contributed by atoms with Crippen molar-refractivity contribution in [3.8, 4) is 5.19 Å². The van der Waals surface area contributed by atoms with Gasteiger partial charge in [0.15, 0.2) is 0 Å². The number of carbonyl (C=O) groups is 1. The van der Waals surface area contributed by atoms with Crippen molar-refractivity contribution in [3.05, 3.63) is 54.0 Å². The fraction of sp³-hybridized carbons (Fsp3) is 0.222. The Kier molecular flexibility index (Phi) is 4.39. The van der Waals surface area contributed by atoms with Crippen molar-refractivity contribution in [1.29, 1.82) is 0 Å². The number of alkyl halides is 3. The fourth-order valence-corrected chi connectivity index (χ4v) is 3.60. The van der Waals surface area contributed by atoms with Crippen LogP contribution in [0.1, 0.15) is 11.3 Å². The molecule has 1 aliphatic heterocycles. The minimum absolute atomic E-state index is 0.112. The van der Waals surface area contributed by atoms with E-state index in [1.165, 1.54) is 18.4 Å². The Morgan fingerprint density at radius 1 is 1.30 bits per heavy atom. The first-order valence-electron chi connectivity index (χ1n) is 8.04. The van der Waals surface area contributed by atoms with Gasteiger partial charge in [-0.15, -0.1) is 0 Å². The van der Waals surface area contributed by atoms with Gasteiger partial charge in [0.25, 0.3) is 5.19 Å². The number of halogens is 3. The summed E-state index contributed by atoms with van der Waals surface area (Å²) >= 11 is 1.06. The minimum Gasteiger partial charge on any atom is -0.465 e. The molecule has 9 heteroatoms. The van der Waals surface area contributed by atoms with Crippen LogP contribution in [-0.4, -0.2) is 35.0 Å². The van der Waals surface area contributed by atoms with Crippen molar-refractivity contribution in [1.82, 2.24) is 9.88 Å². The van der Waals surface area contributed by atoms with Gasteiger partial charge in [0.2, 0.25) is 5.91 Å². The molecule has 140 valence electrons. The molecule has 1 fully saturated rings. The molecule has 3 aromatic rings. The molecule has 0 bridgehead atoms. The van der Waals surface area contributed by atoms with Crippen LogP contribution in [0.5, 0.6) is 5.19 Å². The average Bonchev–Trinajstić information content (AvgIpc) is 3.23. The van der Waals surface area contributed by atoms with Gasteiger partial charge in [-0.1, -0.05) is 17.4 Å². The van der Waals surface area contributed by atoms with Crippen molar-refractivity contribution >= 4 is 33.5 Å². The molecule has 2 aromatic heterocycles. The molecule has 0 aliphatic carbocycles. The minimum atomic E-state index is -4.47. The molecule has 0 unspecified atom stereocenters. The van der Waals surface area contributed by atoms with Crippen molar-refractivity contribution in [2.75, 3.05) is 13.1 Å². The molecule has 1 aromatic carbocycles. The Morgan fingerprint density at radius 3 is 2.81 bits per heavy atom. The number of para-hydroxylation sites is 1. The standard InChI is InChI=1S/C18H13F3N2O3S/c19-18(20,21)13-4-1-5-14-16(13)22-17(27-14)26-12-9-23(10-12)15(24)7-6-11-3-2-8-25-11/h1-8,12H,9-10H2. The number of hydrogen-bond acceptors (Lipinski definition) is 5. The average molecular weight is 394 g/mol. The van der Waals surface area contributed by atoms with E-state index in [4.69, 9.17) is 9.15 Å². The van der Waals surface area contributed by atoms with E-state index in [0.717, 1.165) is 17.4 Å². The van der Waals surface area contributed by atoms with Crippen LogP contribution in [0, 0.1) is 0 Å². The normalized spacial score (nSPS) is 15.4. The van der Waals surface area contributed by atoms with Crippen LogP contribution in [0.25, 0.3) is 16.3 Å². The number of fused-ring (bicyclic) bond motifs is 1. The van der Waals surface area contributed by atoms with Crippen LogP contribution < -0.4 is 4.74 Å². The van der Waals surface area contributed by atoms with Gasteiger partial charge in [0.1, 0.15) is 11.9 Å². The maximum absolute atomic E-state index is 13.0. The quantitative estimate of drug-likeness (QED) is 0.622. The fourth-order valence-electron chi connectivity index (χ4n) is 2.69. The Morgan fingerprint density at radius 2 is 2.11 bits per heavy atom. The van der Waals surface area contributed by atoms with Crippen LogP contribution in [0.3, 0.4) is 0 Å². The highest BCUT2D eigenvalue weighted by molar-refractivity contribution is 7.20. The lowest BCUT2D eigenvalue weighted by Gasteiger charge is -2.37. The molecule has 0 radical (unpaired) electrons. The lowest BCUT2D eigenvalue weighted by molar-refractivity contribution is -0.136. The first-order valence-corrected chi connectivity index (χ1v) is 8.86. The molecule has 0 N–H and O–H groups in total. The van der Waals surface area contributed by atoms with Gasteiger partial charge in [-0.2, -0.15) is 13.2 Å². The van der Waals surface area contributed by atoms with Gasteiger partial charge in [-0.3, -0.25) is 4.79 Å². The van der Waals surface area contributed by atoms with E-state index >= 15 is 0 Å². The first kappa shape index (κ1) is 17.6. The molecule has 3 heterocycles. The molecule has 0 spiro atoms. The molecule has 27 heavy (non-hydrogen) atoms. The summed E-state index contributed by atoms with van der Waals surface area (Å²) in [6.07, 6.45) is -0.267. The Balaban J connectivity index is 1.38. The van der Waals surface area contributed by atoms with Crippen molar-refractivity contribution < 1.29 is 27.1 Å². The number of aromatic nitrogens is 1. The molecule has 1 saturated heterocycles. The van der Waals surface area contributed by atoms with Crippen molar-refractivity contribution in [3.63, 3.8) is 0 Å². The summed E-state index contributed by atoms with van der Waals surface area (Å²) in [5, 5.41) is 0.171. The van der Waals surface area contributed by atoms with Gasteiger partial charge < -0.3 is 14.1 Å². The molecule has 5 nitrogen and oxygen atoms in total. The summed E-state index contributed by atoms with van der Waals surface area (Å²) in [5.41, 5.74) is -0.891. The number of nitrogens with zero attached hydrogens (tertiary/aromatic N) is 2. The molecule has 0 atom stereocenters. The lowest BCUT2D eigenvalue weighted by Crippen LogP contribution is -2.55. The van der Waals surface area contributed by atoms with E-state index in [1.807, 2.05) is 0 Å². The zero-order valence-electron chi connectivity index (χ0n) is 13.8. The number of thiazole rings is 1. The smallest absolute Gasteiger partial charge is 0.418 e. The van der Waals surface area contributed by atoms with E-state index in [0.29, 0.717) is 23.5 Å². The Labute approximate surface area is 155 Å². The van der Waals surface area contributed by atoms with Crippen LogP contribution in [-0.2, 0) is 11.0 Å².